The third kappa shape index (κ3) is 3.52. The molecule has 0 aliphatic carbocycles. The van der Waals surface area contributed by atoms with E-state index in [2.05, 4.69) is 0 Å². The summed E-state index contributed by atoms with van der Waals surface area (Å²) in [5.41, 5.74) is 5.87. The number of benzene rings is 1. The highest BCUT2D eigenvalue weighted by Gasteiger charge is 2.32. The van der Waals surface area contributed by atoms with Gasteiger partial charge in [-0.05, 0) is 44.2 Å². The molecule has 2 N–H and O–H groups in total. The predicted octanol–water partition coefficient (Wildman–Crippen LogP) is 2.79. The molecule has 1 fully saturated rings. The van der Waals surface area contributed by atoms with Crippen molar-refractivity contribution in [1.82, 2.24) is 4.90 Å². The third-order valence-electron chi connectivity index (χ3n) is 3.95. The summed E-state index contributed by atoms with van der Waals surface area (Å²) >= 11 is 7.72. The average molecular weight is 327 g/mol. The highest BCUT2D eigenvalue weighted by atomic mass is 35.5. The maximum absolute atomic E-state index is 12.7. The molecule has 0 aromatic heterocycles. The van der Waals surface area contributed by atoms with E-state index in [1.807, 2.05) is 19.2 Å². The summed E-state index contributed by atoms with van der Waals surface area (Å²) in [6.07, 6.45) is 3.46. The third-order valence-corrected chi connectivity index (χ3v) is 5.00. The van der Waals surface area contributed by atoms with E-state index in [1.165, 1.54) is 0 Å². The molecule has 6 heteroatoms. The lowest BCUT2D eigenvalue weighted by Gasteiger charge is -2.37. The molecule has 0 saturated carbocycles. The van der Waals surface area contributed by atoms with Crippen LogP contribution in [0.25, 0.3) is 0 Å². The van der Waals surface area contributed by atoms with Gasteiger partial charge in [0.15, 0.2) is 0 Å². The number of nitrogens with zero attached hydrogens (tertiary/aromatic N) is 1. The quantitative estimate of drug-likeness (QED) is 0.869. The smallest absolute Gasteiger partial charge is 0.255 e. The number of likely N-dealkylation sites (tertiary alicyclic amines) is 1. The molecular formula is C15H19ClN2O2S. The van der Waals surface area contributed by atoms with Gasteiger partial charge in [-0.15, -0.1) is 11.8 Å². The maximum Gasteiger partial charge on any atom is 0.255 e. The molecule has 1 aromatic carbocycles. The van der Waals surface area contributed by atoms with Crippen molar-refractivity contribution in [2.45, 2.75) is 30.7 Å². The molecule has 0 spiro atoms. The van der Waals surface area contributed by atoms with Crippen LogP contribution in [0.1, 0.15) is 30.1 Å². The molecule has 1 aliphatic rings. The molecule has 4 nitrogen and oxygen atoms in total. The fourth-order valence-electron chi connectivity index (χ4n) is 2.57. The SMILES string of the molecule is CSc1ccc(Cl)c(C(=O)N2C[C@H](C(N)=O)CC[C@@H]2C)c1. The van der Waals surface area contributed by atoms with Crippen LogP contribution in [0.2, 0.25) is 5.02 Å². The zero-order valence-corrected chi connectivity index (χ0v) is 13.7. The molecule has 21 heavy (non-hydrogen) atoms. The topological polar surface area (TPSA) is 63.4 Å². The first-order valence-corrected chi connectivity index (χ1v) is 8.48. The number of nitrogens with two attached hydrogens (primary N) is 1. The van der Waals surface area contributed by atoms with Crippen LogP contribution in [0.3, 0.4) is 0 Å². The Morgan fingerprint density at radius 3 is 2.71 bits per heavy atom. The molecule has 114 valence electrons. The summed E-state index contributed by atoms with van der Waals surface area (Å²) in [5.74, 6) is -0.745. The second-order valence-electron chi connectivity index (χ2n) is 5.33. The van der Waals surface area contributed by atoms with Crippen LogP contribution < -0.4 is 5.73 Å². The summed E-state index contributed by atoms with van der Waals surface area (Å²) in [7, 11) is 0. The van der Waals surface area contributed by atoms with E-state index in [0.717, 1.165) is 17.7 Å². The Bertz CT molecular complexity index is 565. The van der Waals surface area contributed by atoms with Gasteiger partial charge in [-0.2, -0.15) is 0 Å². The molecule has 1 aliphatic heterocycles. The van der Waals surface area contributed by atoms with E-state index < -0.39 is 0 Å². The van der Waals surface area contributed by atoms with E-state index >= 15 is 0 Å². The van der Waals surface area contributed by atoms with Crippen molar-refractivity contribution in [1.29, 1.82) is 0 Å². The van der Waals surface area contributed by atoms with Gasteiger partial charge < -0.3 is 10.6 Å². The summed E-state index contributed by atoms with van der Waals surface area (Å²) in [6, 6.07) is 5.51. The lowest BCUT2D eigenvalue weighted by Crippen LogP contribution is -2.48. The molecule has 2 amide bonds. The van der Waals surface area contributed by atoms with Crippen LogP contribution in [-0.2, 0) is 4.79 Å². The molecule has 1 aromatic rings. The molecule has 0 bridgehead atoms. The molecule has 1 saturated heterocycles. The Morgan fingerprint density at radius 2 is 2.10 bits per heavy atom. The average Bonchev–Trinajstić information content (AvgIpc) is 2.47. The summed E-state index contributed by atoms with van der Waals surface area (Å²) in [4.78, 5) is 26.8. The Morgan fingerprint density at radius 1 is 1.38 bits per heavy atom. The lowest BCUT2D eigenvalue weighted by atomic mass is 9.92. The van der Waals surface area contributed by atoms with Crippen LogP contribution >= 0.6 is 23.4 Å². The molecule has 0 unspecified atom stereocenters. The number of rotatable bonds is 3. The normalized spacial score (nSPS) is 22.1. The van der Waals surface area contributed by atoms with Gasteiger partial charge in [0.1, 0.15) is 0 Å². The van der Waals surface area contributed by atoms with Gasteiger partial charge in [-0.3, -0.25) is 9.59 Å². The molecule has 2 rings (SSSR count). The standard InChI is InChI=1S/C15H19ClN2O2S/c1-9-3-4-10(14(17)19)8-18(9)15(20)12-7-11(21-2)5-6-13(12)16/h5-7,9-10H,3-4,8H2,1-2H3,(H2,17,19)/t9-,10+/m0/s1. The van der Waals surface area contributed by atoms with Crippen molar-refractivity contribution in [3.8, 4) is 0 Å². The van der Waals surface area contributed by atoms with Gasteiger partial charge in [0, 0.05) is 17.5 Å². The van der Waals surface area contributed by atoms with Gasteiger partial charge >= 0.3 is 0 Å². The van der Waals surface area contributed by atoms with E-state index in [4.69, 9.17) is 17.3 Å². The highest BCUT2D eigenvalue weighted by molar-refractivity contribution is 7.98. The Kier molecular flexibility index (Phi) is 5.17. The molecule has 1 heterocycles. The number of thioether (sulfide) groups is 1. The van der Waals surface area contributed by atoms with Crippen LogP contribution in [0.15, 0.2) is 23.1 Å². The van der Waals surface area contributed by atoms with Crippen molar-refractivity contribution in [2.75, 3.05) is 12.8 Å². The number of primary amides is 1. The van der Waals surface area contributed by atoms with Gasteiger partial charge in [-0.1, -0.05) is 11.6 Å². The zero-order valence-electron chi connectivity index (χ0n) is 12.1. The van der Waals surface area contributed by atoms with Gasteiger partial charge in [-0.25, -0.2) is 0 Å². The largest absolute Gasteiger partial charge is 0.369 e. The number of hydrogen-bond donors (Lipinski definition) is 1. The van der Waals surface area contributed by atoms with Crippen molar-refractivity contribution in [3.05, 3.63) is 28.8 Å². The van der Waals surface area contributed by atoms with Crippen molar-refractivity contribution in [2.24, 2.45) is 11.7 Å². The van der Waals surface area contributed by atoms with Crippen molar-refractivity contribution < 1.29 is 9.59 Å². The number of piperidine rings is 1. The number of hydrogen-bond acceptors (Lipinski definition) is 3. The summed E-state index contributed by atoms with van der Waals surface area (Å²) in [6.45, 7) is 2.36. The van der Waals surface area contributed by atoms with E-state index in [0.29, 0.717) is 17.1 Å². The Hall–Kier alpha value is -1.20. The van der Waals surface area contributed by atoms with Crippen molar-refractivity contribution in [3.63, 3.8) is 0 Å². The zero-order chi connectivity index (χ0) is 15.6. The van der Waals surface area contributed by atoms with Crippen LogP contribution in [0.5, 0.6) is 0 Å². The Balaban J connectivity index is 2.27. The first kappa shape index (κ1) is 16.2. The first-order valence-electron chi connectivity index (χ1n) is 6.88. The number of amides is 2. The summed E-state index contributed by atoms with van der Waals surface area (Å²) < 4.78 is 0. The molecular weight excluding hydrogens is 308 g/mol. The maximum atomic E-state index is 12.7. The minimum absolute atomic E-state index is 0.0853. The summed E-state index contributed by atoms with van der Waals surface area (Å²) in [5, 5.41) is 0.436. The van der Waals surface area contributed by atoms with Crippen LogP contribution in [0, 0.1) is 5.92 Å². The minimum Gasteiger partial charge on any atom is -0.369 e. The highest BCUT2D eigenvalue weighted by Crippen LogP contribution is 2.28. The molecule has 2 atom stereocenters. The van der Waals surface area contributed by atoms with Crippen LogP contribution in [0.4, 0.5) is 0 Å². The second kappa shape index (κ2) is 6.71. The van der Waals surface area contributed by atoms with E-state index in [1.54, 1.807) is 28.8 Å². The van der Waals surface area contributed by atoms with Crippen LogP contribution in [-0.4, -0.2) is 35.6 Å². The second-order valence-corrected chi connectivity index (χ2v) is 6.62. The number of halogens is 1. The monoisotopic (exact) mass is 326 g/mol. The van der Waals surface area contributed by atoms with E-state index in [9.17, 15) is 9.59 Å². The first-order chi connectivity index (χ1) is 9.93. The van der Waals surface area contributed by atoms with Gasteiger partial charge in [0.25, 0.3) is 5.91 Å². The van der Waals surface area contributed by atoms with Gasteiger partial charge in [0.05, 0.1) is 16.5 Å². The van der Waals surface area contributed by atoms with Gasteiger partial charge in [0.2, 0.25) is 5.91 Å². The number of carbonyl (C=O) groups excluding carboxylic acids is 2. The lowest BCUT2D eigenvalue weighted by molar-refractivity contribution is -0.123. The van der Waals surface area contributed by atoms with E-state index in [-0.39, 0.29) is 23.8 Å². The fraction of sp³-hybridized carbons (Fsp3) is 0.467. The Labute approximate surface area is 134 Å². The predicted molar refractivity (Wildman–Crippen MR) is 85.6 cm³/mol. The molecule has 0 radical (unpaired) electrons. The number of carbonyl (C=O) groups is 2. The van der Waals surface area contributed by atoms with Crippen molar-refractivity contribution >= 4 is 35.2 Å². The fourth-order valence-corrected chi connectivity index (χ4v) is 3.21. The minimum atomic E-state index is -0.344.